The molecule has 3 rings (SSSR count). The Morgan fingerprint density at radius 3 is 2.83 bits per heavy atom. The van der Waals surface area contributed by atoms with Gasteiger partial charge in [0.2, 0.25) is 5.91 Å². The van der Waals surface area contributed by atoms with E-state index in [0.717, 1.165) is 24.1 Å². The summed E-state index contributed by atoms with van der Waals surface area (Å²) in [6, 6.07) is 10.8. The van der Waals surface area contributed by atoms with Crippen LogP contribution in [0.15, 0.2) is 48.8 Å². The molecule has 1 aromatic carbocycles. The molecular formula is C19H22FN3O. The number of halogens is 1. The minimum Gasteiger partial charge on any atom is -0.351 e. The van der Waals surface area contributed by atoms with E-state index in [1.54, 1.807) is 12.4 Å². The molecule has 1 saturated heterocycles. The van der Waals surface area contributed by atoms with Crippen molar-refractivity contribution in [2.45, 2.75) is 31.8 Å². The SMILES string of the molecule is C[C@H]1C[C@H](c2ccc(F)cc2)CN1CC(=O)NCc1cccnc1. The number of nitrogens with zero attached hydrogens (tertiary/aromatic N) is 2. The molecule has 1 N–H and O–H groups in total. The van der Waals surface area contributed by atoms with Crippen molar-refractivity contribution in [3.8, 4) is 0 Å². The maximum atomic E-state index is 13.1. The molecule has 0 saturated carbocycles. The third kappa shape index (κ3) is 4.17. The molecule has 2 atom stereocenters. The molecule has 1 aromatic heterocycles. The van der Waals surface area contributed by atoms with Crippen LogP contribution in [0.3, 0.4) is 0 Å². The molecule has 0 spiro atoms. The standard InChI is InChI=1S/C19H22FN3O/c1-14-9-17(16-4-6-18(20)7-5-16)12-23(14)13-19(24)22-11-15-3-2-8-21-10-15/h2-8,10,14,17H,9,11-13H2,1H3,(H,22,24)/t14-,17-/m0/s1. The quantitative estimate of drug-likeness (QED) is 0.918. The summed E-state index contributed by atoms with van der Waals surface area (Å²) in [5.74, 6) is 0.161. The van der Waals surface area contributed by atoms with Gasteiger partial charge in [-0.1, -0.05) is 18.2 Å². The largest absolute Gasteiger partial charge is 0.351 e. The summed E-state index contributed by atoms with van der Waals surface area (Å²) in [6.07, 6.45) is 4.46. The first-order chi connectivity index (χ1) is 11.6. The first-order valence-electron chi connectivity index (χ1n) is 8.27. The van der Waals surface area contributed by atoms with Crippen molar-refractivity contribution in [2.24, 2.45) is 0 Å². The van der Waals surface area contributed by atoms with E-state index in [1.807, 2.05) is 24.3 Å². The molecule has 0 aliphatic carbocycles. The highest BCUT2D eigenvalue weighted by Crippen LogP contribution is 2.31. The first-order valence-corrected chi connectivity index (χ1v) is 8.27. The van der Waals surface area contributed by atoms with Gasteiger partial charge >= 0.3 is 0 Å². The molecule has 4 nitrogen and oxygen atoms in total. The van der Waals surface area contributed by atoms with Gasteiger partial charge in [0.15, 0.2) is 0 Å². The van der Waals surface area contributed by atoms with Crippen LogP contribution in [0.1, 0.15) is 30.4 Å². The molecule has 1 aliphatic heterocycles. The fourth-order valence-corrected chi connectivity index (χ4v) is 3.24. The number of pyridine rings is 1. The van der Waals surface area contributed by atoms with Gasteiger partial charge in [-0.15, -0.1) is 0 Å². The van der Waals surface area contributed by atoms with Crippen LogP contribution in [0.25, 0.3) is 0 Å². The summed E-state index contributed by atoms with van der Waals surface area (Å²) in [5.41, 5.74) is 2.13. The Kier molecular flexibility index (Phi) is 5.20. The van der Waals surface area contributed by atoms with Crippen molar-refractivity contribution < 1.29 is 9.18 Å². The second-order valence-electron chi connectivity index (χ2n) is 6.40. The average Bonchev–Trinajstić information content (AvgIpc) is 2.95. The lowest BCUT2D eigenvalue weighted by Crippen LogP contribution is -2.38. The third-order valence-electron chi connectivity index (χ3n) is 4.60. The number of benzene rings is 1. The molecule has 24 heavy (non-hydrogen) atoms. The highest BCUT2D eigenvalue weighted by Gasteiger charge is 2.31. The Labute approximate surface area is 141 Å². The van der Waals surface area contributed by atoms with Gasteiger partial charge in [0.05, 0.1) is 6.54 Å². The fourth-order valence-electron chi connectivity index (χ4n) is 3.24. The van der Waals surface area contributed by atoms with E-state index in [0.29, 0.717) is 25.0 Å². The normalized spacial score (nSPS) is 20.9. The number of likely N-dealkylation sites (tertiary alicyclic amines) is 1. The zero-order valence-corrected chi connectivity index (χ0v) is 13.8. The van der Waals surface area contributed by atoms with Crippen LogP contribution in [-0.4, -0.2) is 34.9 Å². The van der Waals surface area contributed by atoms with Crippen molar-refractivity contribution >= 4 is 5.91 Å². The molecule has 0 unspecified atom stereocenters. The summed E-state index contributed by atoms with van der Waals surface area (Å²) in [5, 5.41) is 2.94. The molecular weight excluding hydrogens is 305 g/mol. The third-order valence-corrected chi connectivity index (χ3v) is 4.60. The van der Waals surface area contributed by atoms with Crippen LogP contribution >= 0.6 is 0 Å². The van der Waals surface area contributed by atoms with Gasteiger partial charge in [0.25, 0.3) is 0 Å². The maximum absolute atomic E-state index is 13.1. The summed E-state index contributed by atoms with van der Waals surface area (Å²) < 4.78 is 13.1. The molecule has 0 radical (unpaired) electrons. The van der Waals surface area contributed by atoms with E-state index in [4.69, 9.17) is 0 Å². The average molecular weight is 327 g/mol. The van der Waals surface area contributed by atoms with Crippen LogP contribution in [0, 0.1) is 5.82 Å². The zero-order chi connectivity index (χ0) is 16.9. The van der Waals surface area contributed by atoms with Crippen LogP contribution in [0.5, 0.6) is 0 Å². The summed E-state index contributed by atoms with van der Waals surface area (Å²) >= 11 is 0. The number of aromatic nitrogens is 1. The number of hydrogen-bond acceptors (Lipinski definition) is 3. The zero-order valence-electron chi connectivity index (χ0n) is 13.8. The van der Waals surface area contributed by atoms with Crippen LogP contribution in [-0.2, 0) is 11.3 Å². The lowest BCUT2D eigenvalue weighted by atomic mass is 9.97. The summed E-state index contributed by atoms with van der Waals surface area (Å²) in [7, 11) is 0. The summed E-state index contributed by atoms with van der Waals surface area (Å²) in [4.78, 5) is 18.4. The Morgan fingerprint density at radius 1 is 1.33 bits per heavy atom. The molecule has 2 aromatic rings. The van der Waals surface area contributed by atoms with Crippen molar-refractivity contribution in [3.63, 3.8) is 0 Å². The first kappa shape index (κ1) is 16.6. The van der Waals surface area contributed by atoms with Crippen molar-refractivity contribution in [1.82, 2.24) is 15.2 Å². The van der Waals surface area contributed by atoms with E-state index >= 15 is 0 Å². The minimum absolute atomic E-state index is 0.0189. The number of carbonyl (C=O) groups excluding carboxylic acids is 1. The molecule has 2 heterocycles. The van der Waals surface area contributed by atoms with Crippen molar-refractivity contribution in [2.75, 3.05) is 13.1 Å². The highest BCUT2D eigenvalue weighted by atomic mass is 19.1. The monoisotopic (exact) mass is 327 g/mol. The van der Waals surface area contributed by atoms with Crippen LogP contribution < -0.4 is 5.32 Å². The Balaban J connectivity index is 1.51. The fraction of sp³-hybridized carbons (Fsp3) is 0.368. The van der Waals surface area contributed by atoms with Gasteiger partial charge in [-0.2, -0.15) is 0 Å². The predicted octanol–water partition coefficient (Wildman–Crippen LogP) is 2.71. The summed E-state index contributed by atoms with van der Waals surface area (Å²) in [6.45, 7) is 3.85. The van der Waals surface area contributed by atoms with Gasteiger partial charge in [-0.3, -0.25) is 14.7 Å². The maximum Gasteiger partial charge on any atom is 0.234 e. The van der Waals surface area contributed by atoms with Crippen molar-refractivity contribution in [1.29, 1.82) is 0 Å². The predicted molar refractivity (Wildman–Crippen MR) is 90.9 cm³/mol. The number of carbonyl (C=O) groups is 1. The molecule has 126 valence electrons. The van der Waals surface area contributed by atoms with Gasteiger partial charge in [0, 0.05) is 31.5 Å². The Bertz CT molecular complexity index is 675. The van der Waals surface area contributed by atoms with Crippen LogP contribution in [0.2, 0.25) is 0 Å². The molecule has 5 heteroatoms. The number of rotatable bonds is 5. The van der Waals surface area contributed by atoms with E-state index < -0.39 is 0 Å². The lowest BCUT2D eigenvalue weighted by molar-refractivity contribution is -0.122. The van der Waals surface area contributed by atoms with E-state index in [1.165, 1.54) is 12.1 Å². The second kappa shape index (κ2) is 7.53. The lowest BCUT2D eigenvalue weighted by Gasteiger charge is -2.20. The smallest absolute Gasteiger partial charge is 0.234 e. The molecule has 1 amide bonds. The van der Waals surface area contributed by atoms with Gasteiger partial charge in [-0.05, 0) is 48.6 Å². The molecule has 0 bridgehead atoms. The second-order valence-corrected chi connectivity index (χ2v) is 6.40. The highest BCUT2D eigenvalue weighted by molar-refractivity contribution is 5.78. The van der Waals surface area contributed by atoms with E-state index in [2.05, 4.69) is 22.1 Å². The Morgan fingerprint density at radius 2 is 2.12 bits per heavy atom. The van der Waals surface area contributed by atoms with E-state index in [-0.39, 0.29) is 11.7 Å². The number of amides is 1. The number of nitrogens with one attached hydrogen (secondary N) is 1. The van der Waals surface area contributed by atoms with Crippen LogP contribution in [0.4, 0.5) is 4.39 Å². The van der Waals surface area contributed by atoms with Gasteiger partial charge < -0.3 is 5.32 Å². The molecule has 1 fully saturated rings. The van der Waals surface area contributed by atoms with Crippen molar-refractivity contribution in [3.05, 3.63) is 65.7 Å². The number of hydrogen-bond donors (Lipinski definition) is 1. The topological polar surface area (TPSA) is 45.2 Å². The van der Waals surface area contributed by atoms with E-state index in [9.17, 15) is 9.18 Å². The van der Waals surface area contributed by atoms with Gasteiger partial charge in [-0.25, -0.2) is 4.39 Å². The molecule has 1 aliphatic rings. The minimum atomic E-state index is -0.212. The van der Waals surface area contributed by atoms with Gasteiger partial charge in [0.1, 0.15) is 5.82 Å². The Hall–Kier alpha value is -2.27.